The van der Waals surface area contributed by atoms with Crippen molar-refractivity contribution < 1.29 is 0 Å². The van der Waals surface area contributed by atoms with Gasteiger partial charge in [0, 0.05) is 24.0 Å². The lowest BCUT2D eigenvalue weighted by molar-refractivity contribution is 0.505. The van der Waals surface area contributed by atoms with E-state index in [4.69, 9.17) is 0 Å². The van der Waals surface area contributed by atoms with Crippen LogP contribution in [0, 0.1) is 0 Å². The fraction of sp³-hybridized carbons (Fsp3) is 0.263. The van der Waals surface area contributed by atoms with Gasteiger partial charge in [0.05, 0.1) is 10.9 Å². The van der Waals surface area contributed by atoms with E-state index in [-0.39, 0.29) is 5.56 Å². The summed E-state index contributed by atoms with van der Waals surface area (Å²) in [7, 11) is 0. The summed E-state index contributed by atoms with van der Waals surface area (Å²) in [5.41, 5.74) is 1.69. The maximum atomic E-state index is 12.9. The number of aromatic nitrogens is 5. The maximum absolute atomic E-state index is 12.9. The molecule has 0 bridgehead atoms. The molecule has 0 amide bonds. The third-order valence-electron chi connectivity index (χ3n) is 5.01. The van der Waals surface area contributed by atoms with Crippen molar-refractivity contribution in [3.8, 4) is 11.4 Å². The molecule has 5 rings (SSSR count). The van der Waals surface area contributed by atoms with Gasteiger partial charge in [-0.1, -0.05) is 43.2 Å². The van der Waals surface area contributed by atoms with Crippen LogP contribution in [-0.2, 0) is 0 Å². The SMILES string of the molecule is O=c1c2cnc3nc(-c4ccccc4)nn3c2ccn1C1CCCC1. The zero-order valence-electron chi connectivity index (χ0n) is 13.7. The fourth-order valence-electron chi connectivity index (χ4n) is 3.71. The van der Waals surface area contributed by atoms with E-state index < -0.39 is 0 Å². The molecule has 4 aromatic rings. The quantitative estimate of drug-likeness (QED) is 0.566. The fourth-order valence-corrected chi connectivity index (χ4v) is 3.71. The van der Waals surface area contributed by atoms with Gasteiger partial charge in [0.2, 0.25) is 0 Å². The lowest BCUT2D eigenvalue weighted by Gasteiger charge is -2.13. The first-order chi connectivity index (χ1) is 12.3. The minimum atomic E-state index is 0.00978. The molecule has 0 saturated heterocycles. The maximum Gasteiger partial charge on any atom is 0.261 e. The van der Waals surface area contributed by atoms with E-state index in [9.17, 15) is 4.79 Å². The molecule has 3 aromatic heterocycles. The number of hydrogen-bond acceptors (Lipinski definition) is 4. The van der Waals surface area contributed by atoms with E-state index >= 15 is 0 Å². The Hall–Kier alpha value is -3.02. The molecule has 1 aliphatic rings. The largest absolute Gasteiger partial charge is 0.312 e. The van der Waals surface area contributed by atoms with Gasteiger partial charge in [-0.2, -0.15) is 9.50 Å². The summed E-state index contributed by atoms with van der Waals surface area (Å²) in [6.45, 7) is 0. The zero-order valence-corrected chi connectivity index (χ0v) is 13.7. The van der Waals surface area contributed by atoms with Gasteiger partial charge in [-0.3, -0.25) is 4.79 Å². The van der Waals surface area contributed by atoms with E-state index in [1.54, 1.807) is 10.7 Å². The normalized spacial score (nSPS) is 15.4. The molecular weight excluding hydrogens is 314 g/mol. The van der Waals surface area contributed by atoms with Crippen molar-refractivity contribution in [1.29, 1.82) is 0 Å². The molecule has 0 unspecified atom stereocenters. The Bertz CT molecular complexity index is 1120. The monoisotopic (exact) mass is 331 g/mol. The Morgan fingerprint density at radius 2 is 1.84 bits per heavy atom. The van der Waals surface area contributed by atoms with Crippen molar-refractivity contribution in [2.24, 2.45) is 0 Å². The second-order valence-corrected chi connectivity index (χ2v) is 6.54. The summed E-state index contributed by atoms with van der Waals surface area (Å²) in [5, 5.41) is 5.16. The number of rotatable bonds is 2. The number of fused-ring (bicyclic) bond motifs is 3. The average molecular weight is 331 g/mol. The zero-order chi connectivity index (χ0) is 16.8. The highest BCUT2D eigenvalue weighted by Gasteiger charge is 2.19. The van der Waals surface area contributed by atoms with Crippen LogP contribution in [0.4, 0.5) is 0 Å². The summed E-state index contributed by atoms with van der Waals surface area (Å²) in [4.78, 5) is 21.8. The second kappa shape index (κ2) is 5.51. The highest BCUT2D eigenvalue weighted by molar-refractivity contribution is 5.79. The molecule has 124 valence electrons. The smallest absolute Gasteiger partial charge is 0.261 e. The average Bonchev–Trinajstić information content (AvgIpc) is 3.32. The first kappa shape index (κ1) is 14.3. The van der Waals surface area contributed by atoms with Crippen LogP contribution in [0.25, 0.3) is 28.1 Å². The Labute approximate surface area is 143 Å². The predicted octanol–water partition coefficient (Wildman–Crippen LogP) is 3.22. The first-order valence-electron chi connectivity index (χ1n) is 8.63. The van der Waals surface area contributed by atoms with Crippen LogP contribution in [0.5, 0.6) is 0 Å². The molecule has 0 atom stereocenters. The summed E-state index contributed by atoms with van der Waals surface area (Å²) < 4.78 is 3.52. The number of hydrogen-bond donors (Lipinski definition) is 0. The van der Waals surface area contributed by atoms with Gasteiger partial charge in [-0.25, -0.2) is 4.98 Å². The van der Waals surface area contributed by atoms with E-state index in [1.165, 1.54) is 12.8 Å². The van der Waals surface area contributed by atoms with E-state index in [0.29, 0.717) is 23.0 Å². The molecule has 0 spiro atoms. The first-order valence-corrected chi connectivity index (χ1v) is 8.63. The van der Waals surface area contributed by atoms with E-state index in [1.807, 2.05) is 47.2 Å². The van der Waals surface area contributed by atoms with Crippen molar-refractivity contribution in [3.05, 3.63) is 59.1 Å². The summed E-state index contributed by atoms with van der Waals surface area (Å²) in [6.07, 6.45) is 8.04. The number of nitrogens with zero attached hydrogens (tertiary/aromatic N) is 5. The molecular formula is C19H17N5O. The molecule has 1 aliphatic carbocycles. The minimum Gasteiger partial charge on any atom is -0.312 e. The number of benzene rings is 1. The van der Waals surface area contributed by atoms with Gasteiger partial charge in [-0.15, -0.1) is 5.10 Å². The second-order valence-electron chi connectivity index (χ2n) is 6.54. The van der Waals surface area contributed by atoms with Gasteiger partial charge in [-0.05, 0) is 18.9 Å². The Balaban J connectivity index is 1.71. The van der Waals surface area contributed by atoms with Crippen molar-refractivity contribution in [3.63, 3.8) is 0 Å². The Kier molecular flexibility index (Phi) is 3.16. The van der Waals surface area contributed by atoms with Crippen molar-refractivity contribution in [2.45, 2.75) is 31.7 Å². The van der Waals surface area contributed by atoms with Gasteiger partial charge in [0.1, 0.15) is 0 Å². The molecule has 0 N–H and O–H groups in total. The molecule has 1 saturated carbocycles. The van der Waals surface area contributed by atoms with E-state index in [0.717, 1.165) is 23.9 Å². The van der Waals surface area contributed by atoms with Crippen LogP contribution in [0.1, 0.15) is 31.7 Å². The minimum absolute atomic E-state index is 0.00978. The molecule has 1 aromatic carbocycles. The number of pyridine rings is 1. The summed E-state index contributed by atoms with van der Waals surface area (Å²) in [6, 6.07) is 12.0. The van der Waals surface area contributed by atoms with Crippen LogP contribution >= 0.6 is 0 Å². The van der Waals surface area contributed by atoms with Gasteiger partial charge in [0.25, 0.3) is 11.3 Å². The molecule has 0 aliphatic heterocycles. The summed E-state index contributed by atoms with van der Waals surface area (Å²) in [5.74, 6) is 1.12. The van der Waals surface area contributed by atoms with Crippen molar-refractivity contribution in [1.82, 2.24) is 24.1 Å². The molecule has 3 heterocycles. The van der Waals surface area contributed by atoms with Gasteiger partial charge < -0.3 is 4.57 Å². The van der Waals surface area contributed by atoms with Crippen molar-refractivity contribution in [2.75, 3.05) is 0 Å². The highest BCUT2D eigenvalue weighted by atomic mass is 16.1. The molecule has 1 fully saturated rings. The van der Waals surface area contributed by atoms with Crippen molar-refractivity contribution >= 4 is 16.7 Å². The lowest BCUT2D eigenvalue weighted by Crippen LogP contribution is -2.23. The molecule has 25 heavy (non-hydrogen) atoms. The van der Waals surface area contributed by atoms with Gasteiger partial charge in [0.15, 0.2) is 5.82 Å². The predicted molar refractivity (Wildman–Crippen MR) is 95.5 cm³/mol. The summed E-state index contributed by atoms with van der Waals surface area (Å²) >= 11 is 0. The van der Waals surface area contributed by atoms with Crippen LogP contribution < -0.4 is 5.56 Å². The molecule has 6 nitrogen and oxygen atoms in total. The van der Waals surface area contributed by atoms with Crippen LogP contribution in [-0.4, -0.2) is 24.1 Å². The molecule has 6 heteroatoms. The third kappa shape index (κ3) is 2.25. The topological polar surface area (TPSA) is 65.1 Å². The molecule has 0 radical (unpaired) electrons. The van der Waals surface area contributed by atoms with Gasteiger partial charge >= 0.3 is 0 Å². The van der Waals surface area contributed by atoms with Crippen LogP contribution in [0.3, 0.4) is 0 Å². The van der Waals surface area contributed by atoms with E-state index in [2.05, 4.69) is 15.1 Å². The van der Waals surface area contributed by atoms with Crippen LogP contribution in [0.2, 0.25) is 0 Å². The lowest BCUT2D eigenvalue weighted by atomic mass is 10.2. The third-order valence-corrected chi connectivity index (χ3v) is 5.01. The van der Waals surface area contributed by atoms with Crippen LogP contribution in [0.15, 0.2) is 53.6 Å². The Morgan fingerprint density at radius 3 is 2.64 bits per heavy atom. The highest BCUT2D eigenvalue weighted by Crippen LogP contribution is 2.28. The standard InChI is InChI=1S/C19H17N5O/c25-18-15-12-20-19-21-17(13-6-2-1-3-7-13)22-24(19)16(15)10-11-23(18)14-8-4-5-9-14/h1-3,6-7,10-12,14H,4-5,8-9H2. The Morgan fingerprint density at radius 1 is 1.04 bits per heavy atom.